The molecule has 3 aromatic rings. The highest BCUT2D eigenvalue weighted by molar-refractivity contribution is 7.19. The minimum absolute atomic E-state index is 0.0317. The Balaban J connectivity index is 1.69. The number of rotatable bonds is 4. The molecule has 1 fully saturated rings. The van der Waals surface area contributed by atoms with E-state index in [9.17, 15) is 9.59 Å². The predicted octanol–water partition coefficient (Wildman–Crippen LogP) is 3.59. The molecule has 1 unspecified atom stereocenters. The van der Waals surface area contributed by atoms with Crippen LogP contribution in [0.15, 0.2) is 41.5 Å². The van der Waals surface area contributed by atoms with Crippen LogP contribution < -0.4 is 10.9 Å². The van der Waals surface area contributed by atoms with Gasteiger partial charge in [0.1, 0.15) is 10.2 Å². The first kappa shape index (κ1) is 16.0. The van der Waals surface area contributed by atoms with E-state index < -0.39 is 0 Å². The Morgan fingerprint density at radius 3 is 2.72 bits per heavy atom. The molecule has 1 aliphatic rings. The van der Waals surface area contributed by atoms with Crippen LogP contribution in [0.5, 0.6) is 0 Å². The van der Waals surface area contributed by atoms with Gasteiger partial charge in [-0.1, -0.05) is 30.3 Å². The first-order chi connectivity index (χ1) is 12.1. The van der Waals surface area contributed by atoms with Gasteiger partial charge in [-0.3, -0.25) is 14.2 Å². The number of nitrogens with zero attached hydrogens (tertiary/aromatic N) is 2. The van der Waals surface area contributed by atoms with Crippen LogP contribution in [-0.2, 0) is 0 Å². The van der Waals surface area contributed by atoms with Crippen LogP contribution in [0.3, 0.4) is 0 Å². The molecule has 5 nitrogen and oxygen atoms in total. The first-order valence-electron chi connectivity index (χ1n) is 8.42. The zero-order valence-electron chi connectivity index (χ0n) is 14.2. The van der Waals surface area contributed by atoms with Crippen LogP contribution in [0.4, 0.5) is 0 Å². The van der Waals surface area contributed by atoms with Gasteiger partial charge in [0, 0.05) is 10.9 Å². The number of hydrogen-bond acceptors (Lipinski definition) is 4. The summed E-state index contributed by atoms with van der Waals surface area (Å²) in [6.45, 7) is 3.82. The van der Waals surface area contributed by atoms with E-state index in [1.807, 2.05) is 44.2 Å². The van der Waals surface area contributed by atoms with Crippen LogP contribution in [-0.4, -0.2) is 15.5 Å². The van der Waals surface area contributed by atoms with Crippen molar-refractivity contribution in [2.75, 3.05) is 0 Å². The Morgan fingerprint density at radius 2 is 2.04 bits per heavy atom. The van der Waals surface area contributed by atoms with Crippen molar-refractivity contribution in [1.29, 1.82) is 0 Å². The van der Waals surface area contributed by atoms with Crippen molar-refractivity contribution >= 4 is 27.5 Å². The number of aromatic nitrogens is 2. The fourth-order valence-electron chi connectivity index (χ4n) is 3.06. The summed E-state index contributed by atoms with van der Waals surface area (Å²) in [6, 6.07) is 9.98. The number of fused-ring (bicyclic) bond motifs is 1. The second kappa shape index (κ2) is 6.11. The Labute approximate surface area is 149 Å². The molecule has 1 aromatic carbocycles. The lowest BCUT2D eigenvalue weighted by atomic mass is 10.1. The molecule has 1 atom stereocenters. The maximum absolute atomic E-state index is 12.8. The second-order valence-corrected chi connectivity index (χ2v) is 7.73. The summed E-state index contributed by atoms with van der Waals surface area (Å²) in [5.41, 5.74) is 2.04. The standard InChI is InChI=1S/C19H19N3O2S/c1-11(13-6-4-3-5-7-13)21-18(23)15-12(2)25-17-16(15)20-10-22(19(17)24)14-8-9-14/h3-7,10-11,14H,8-9H2,1-2H3,(H,21,23). The largest absolute Gasteiger partial charge is 0.345 e. The summed E-state index contributed by atoms with van der Waals surface area (Å²) in [5.74, 6) is -0.184. The molecule has 4 rings (SSSR count). The minimum Gasteiger partial charge on any atom is -0.345 e. The van der Waals surface area contributed by atoms with E-state index in [1.54, 1.807) is 10.9 Å². The summed E-state index contributed by atoms with van der Waals surface area (Å²) in [7, 11) is 0. The average molecular weight is 353 g/mol. The van der Waals surface area contributed by atoms with Crippen molar-refractivity contribution < 1.29 is 4.79 Å². The molecule has 2 aromatic heterocycles. The summed E-state index contributed by atoms with van der Waals surface area (Å²) >= 11 is 1.36. The van der Waals surface area contributed by atoms with E-state index in [4.69, 9.17) is 0 Å². The van der Waals surface area contributed by atoms with E-state index >= 15 is 0 Å². The smallest absolute Gasteiger partial charge is 0.271 e. The molecule has 0 saturated heterocycles. The highest BCUT2D eigenvalue weighted by atomic mass is 32.1. The third-order valence-electron chi connectivity index (χ3n) is 4.61. The van der Waals surface area contributed by atoms with Crippen molar-refractivity contribution in [3.8, 4) is 0 Å². The molecule has 2 heterocycles. The fourth-order valence-corrected chi connectivity index (χ4v) is 4.11. The number of nitrogens with one attached hydrogen (secondary N) is 1. The van der Waals surface area contributed by atoms with Gasteiger partial charge in [-0.2, -0.15) is 0 Å². The summed E-state index contributed by atoms with van der Waals surface area (Å²) < 4.78 is 2.27. The lowest BCUT2D eigenvalue weighted by molar-refractivity contribution is 0.0941. The summed E-state index contributed by atoms with van der Waals surface area (Å²) in [4.78, 5) is 30.7. The van der Waals surface area contributed by atoms with Gasteiger partial charge in [0.25, 0.3) is 11.5 Å². The molecule has 0 bridgehead atoms. The van der Waals surface area contributed by atoms with Gasteiger partial charge < -0.3 is 5.32 Å². The van der Waals surface area contributed by atoms with E-state index in [1.165, 1.54) is 11.3 Å². The average Bonchev–Trinajstić information content (AvgIpc) is 3.38. The molecule has 1 amide bonds. The van der Waals surface area contributed by atoms with Crippen LogP contribution in [0, 0.1) is 6.92 Å². The van der Waals surface area contributed by atoms with Crippen LogP contribution in [0.25, 0.3) is 10.2 Å². The lowest BCUT2D eigenvalue weighted by Crippen LogP contribution is -2.27. The topological polar surface area (TPSA) is 64.0 Å². The van der Waals surface area contributed by atoms with Gasteiger partial charge in [0.15, 0.2) is 0 Å². The van der Waals surface area contributed by atoms with E-state index in [-0.39, 0.29) is 23.6 Å². The van der Waals surface area contributed by atoms with Crippen molar-refractivity contribution in [1.82, 2.24) is 14.9 Å². The van der Waals surface area contributed by atoms with Crippen LogP contribution in [0.1, 0.15) is 52.6 Å². The zero-order valence-corrected chi connectivity index (χ0v) is 15.0. The molecule has 6 heteroatoms. The molecule has 25 heavy (non-hydrogen) atoms. The van der Waals surface area contributed by atoms with Crippen molar-refractivity contribution in [2.45, 2.75) is 38.8 Å². The van der Waals surface area contributed by atoms with Gasteiger partial charge in [0.2, 0.25) is 0 Å². The highest BCUT2D eigenvalue weighted by Crippen LogP contribution is 2.34. The van der Waals surface area contributed by atoms with Crippen LogP contribution >= 0.6 is 11.3 Å². The zero-order chi connectivity index (χ0) is 17.6. The van der Waals surface area contributed by atoms with Gasteiger partial charge in [-0.15, -0.1) is 11.3 Å². The Hall–Kier alpha value is -2.47. The minimum atomic E-state index is -0.184. The van der Waals surface area contributed by atoms with E-state index in [0.717, 1.165) is 23.3 Å². The van der Waals surface area contributed by atoms with Crippen molar-refractivity contribution in [3.63, 3.8) is 0 Å². The molecule has 0 aliphatic heterocycles. The molecule has 1 aliphatic carbocycles. The van der Waals surface area contributed by atoms with Gasteiger partial charge in [-0.05, 0) is 32.3 Å². The fraction of sp³-hybridized carbons (Fsp3) is 0.316. The molecule has 128 valence electrons. The van der Waals surface area contributed by atoms with Crippen LogP contribution in [0.2, 0.25) is 0 Å². The van der Waals surface area contributed by atoms with Crippen molar-refractivity contribution in [2.24, 2.45) is 0 Å². The quantitative estimate of drug-likeness (QED) is 0.779. The summed E-state index contributed by atoms with van der Waals surface area (Å²) in [6.07, 6.45) is 3.64. The predicted molar refractivity (Wildman–Crippen MR) is 99.2 cm³/mol. The third-order valence-corrected chi connectivity index (χ3v) is 5.70. The lowest BCUT2D eigenvalue weighted by Gasteiger charge is -2.14. The van der Waals surface area contributed by atoms with Gasteiger partial charge in [-0.25, -0.2) is 4.98 Å². The molecular formula is C19H19N3O2S. The molecule has 0 radical (unpaired) electrons. The Kier molecular flexibility index (Phi) is 3.92. The number of carbonyl (C=O) groups is 1. The molecule has 0 spiro atoms. The van der Waals surface area contributed by atoms with Crippen molar-refractivity contribution in [3.05, 3.63) is 63.0 Å². The molecular weight excluding hydrogens is 334 g/mol. The monoisotopic (exact) mass is 353 g/mol. The molecule has 1 saturated carbocycles. The Morgan fingerprint density at radius 1 is 1.32 bits per heavy atom. The maximum Gasteiger partial charge on any atom is 0.271 e. The van der Waals surface area contributed by atoms with Gasteiger partial charge in [0.05, 0.1) is 17.9 Å². The van der Waals surface area contributed by atoms with Gasteiger partial charge >= 0.3 is 0 Å². The van der Waals surface area contributed by atoms with E-state index in [0.29, 0.717) is 15.8 Å². The number of hydrogen-bond donors (Lipinski definition) is 1. The SMILES string of the molecule is Cc1sc2c(=O)n(C3CC3)cnc2c1C(=O)NC(C)c1ccccc1. The highest BCUT2D eigenvalue weighted by Gasteiger charge is 2.27. The molecule has 1 N–H and O–H groups in total. The van der Waals surface area contributed by atoms with E-state index in [2.05, 4.69) is 10.3 Å². The summed E-state index contributed by atoms with van der Waals surface area (Å²) in [5, 5.41) is 3.02. The third kappa shape index (κ3) is 2.87. The maximum atomic E-state index is 12.8. The normalized spacial score (nSPS) is 15.3. The first-order valence-corrected chi connectivity index (χ1v) is 9.24. The number of benzene rings is 1. The Bertz CT molecular complexity index is 1000. The number of aryl methyl sites for hydroxylation is 1. The number of thiophene rings is 1. The number of amides is 1. The number of carbonyl (C=O) groups excluding carboxylic acids is 1. The second-order valence-electron chi connectivity index (χ2n) is 6.50.